The van der Waals surface area contributed by atoms with E-state index in [1.165, 1.54) is 0 Å². The normalized spacial score (nSPS) is 18.1. The topological polar surface area (TPSA) is 34.5 Å². The molecule has 2 aromatic rings. The molecule has 0 spiro atoms. The first-order valence-corrected chi connectivity index (χ1v) is 8.73. The summed E-state index contributed by atoms with van der Waals surface area (Å²) in [6, 6.07) is 12.4. The van der Waals surface area contributed by atoms with E-state index in [2.05, 4.69) is 30.5 Å². The highest BCUT2D eigenvalue weighted by Gasteiger charge is 2.27. The number of benzene rings is 1. The van der Waals surface area contributed by atoms with Crippen LogP contribution in [0.2, 0.25) is 0 Å². The number of carbonyl (C=O) groups is 1. The van der Waals surface area contributed by atoms with E-state index in [1.807, 2.05) is 41.6 Å². The molecule has 1 unspecified atom stereocenters. The van der Waals surface area contributed by atoms with Gasteiger partial charge in [-0.05, 0) is 42.2 Å². The van der Waals surface area contributed by atoms with Crippen molar-refractivity contribution in [2.45, 2.75) is 32.7 Å². The summed E-state index contributed by atoms with van der Waals surface area (Å²) in [6.45, 7) is 6.40. The van der Waals surface area contributed by atoms with Crippen LogP contribution < -0.4 is 0 Å². The molecule has 1 amide bonds. The van der Waals surface area contributed by atoms with Gasteiger partial charge in [-0.15, -0.1) is 0 Å². The highest BCUT2D eigenvalue weighted by molar-refractivity contribution is 5.79. The van der Waals surface area contributed by atoms with Crippen LogP contribution in [-0.2, 0) is 16.0 Å². The minimum Gasteiger partial charge on any atom is -0.377 e. The number of morpholine rings is 1. The maximum Gasteiger partial charge on any atom is 0.227 e. The molecule has 1 fully saturated rings. The maximum atomic E-state index is 12.7. The molecule has 128 valence electrons. The Kier molecular flexibility index (Phi) is 5.36. The van der Waals surface area contributed by atoms with Crippen LogP contribution in [0.3, 0.4) is 0 Å². The van der Waals surface area contributed by atoms with Crippen LogP contribution in [0.15, 0.2) is 48.8 Å². The van der Waals surface area contributed by atoms with Gasteiger partial charge in [-0.3, -0.25) is 4.79 Å². The third-order valence-electron chi connectivity index (χ3n) is 4.49. The Hall–Kier alpha value is -2.07. The van der Waals surface area contributed by atoms with Crippen molar-refractivity contribution >= 4 is 5.91 Å². The maximum absolute atomic E-state index is 12.7. The number of amides is 1. The second kappa shape index (κ2) is 7.67. The van der Waals surface area contributed by atoms with Gasteiger partial charge in [-0.2, -0.15) is 0 Å². The van der Waals surface area contributed by atoms with Crippen LogP contribution in [0, 0.1) is 5.92 Å². The van der Waals surface area contributed by atoms with E-state index in [4.69, 9.17) is 4.74 Å². The molecule has 1 saturated heterocycles. The number of aromatic nitrogens is 1. The van der Waals surface area contributed by atoms with Gasteiger partial charge < -0.3 is 14.2 Å². The molecule has 24 heavy (non-hydrogen) atoms. The van der Waals surface area contributed by atoms with E-state index >= 15 is 0 Å². The number of ether oxygens (including phenoxy) is 1. The Labute approximate surface area is 144 Å². The smallest absolute Gasteiger partial charge is 0.227 e. The molecule has 0 bridgehead atoms. The van der Waals surface area contributed by atoms with Gasteiger partial charge in [-0.1, -0.05) is 26.0 Å². The molecule has 0 aliphatic carbocycles. The summed E-state index contributed by atoms with van der Waals surface area (Å²) in [5.41, 5.74) is 2.17. The fourth-order valence-corrected chi connectivity index (χ4v) is 3.29. The van der Waals surface area contributed by atoms with E-state index in [1.54, 1.807) is 0 Å². The Bertz CT molecular complexity index is 647. The van der Waals surface area contributed by atoms with Crippen LogP contribution in [0.5, 0.6) is 0 Å². The zero-order valence-electron chi connectivity index (χ0n) is 14.5. The third kappa shape index (κ3) is 4.06. The van der Waals surface area contributed by atoms with Crippen molar-refractivity contribution in [3.8, 4) is 5.69 Å². The largest absolute Gasteiger partial charge is 0.377 e. The van der Waals surface area contributed by atoms with E-state index in [9.17, 15) is 4.79 Å². The zero-order valence-corrected chi connectivity index (χ0v) is 14.5. The van der Waals surface area contributed by atoms with Crippen LogP contribution >= 0.6 is 0 Å². The van der Waals surface area contributed by atoms with Crippen LogP contribution in [-0.4, -0.2) is 41.2 Å². The number of hydrogen-bond acceptors (Lipinski definition) is 2. The lowest BCUT2D eigenvalue weighted by atomic mass is 10.0. The van der Waals surface area contributed by atoms with Crippen molar-refractivity contribution in [2.24, 2.45) is 5.92 Å². The Morgan fingerprint density at radius 3 is 2.58 bits per heavy atom. The predicted molar refractivity (Wildman–Crippen MR) is 95.2 cm³/mol. The van der Waals surface area contributed by atoms with Crippen molar-refractivity contribution in [3.63, 3.8) is 0 Å². The van der Waals surface area contributed by atoms with Gasteiger partial charge in [0.1, 0.15) is 0 Å². The molecule has 1 atom stereocenters. The summed E-state index contributed by atoms with van der Waals surface area (Å²) in [5.74, 6) is 0.769. The van der Waals surface area contributed by atoms with Gasteiger partial charge in [0.2, 0.25) is 5.91 Å². The minimum atomic E-state index is 0.206. The quantitative estimate of drug-likeness (QED) is 0.845. The van der Waals surface area contributed by atoms with Crippen molar-refractivity contribution in [2.75, 3.05) is 19.8 Å². The highest BCUT2D eigenvalue weighted by atomic mass is 16.5. The van der Waals surface area contributed by atoms with Gasteiger partial charge >= 0.3 is 0 Å². The van der Waals surface area contributed by atoms with Crippen LogP contribution in [0.25, 0.3) is 5.69 Å². The molecular formula is C20H26N2O2. The van der Waals surface area contributed by atoms with Gasteiger partial charge in [0.15, 0.2) is 0 Å². The fourth-order valence-electron chi connectivity index (χ4n) is 3.29. The van der Waals surface area contributed by atoms with Crippen LogP contribution in [0.1, 0.15) is 25.8 Å². The molecule has 1 aliphatic heterocycles. The lowest BCUT2D eigenvalue weighted by Gasteiger charge is -2.36. The second-order valence-corrected chi connectivity index (χ2v) is 6.88. The summed E-state index contributed by atoms with van der Waals surface area (Å²) in [7, 11) is 0. The summed E-state index contributed by atoms with van der Waals surface area (Å²) >= 11 is 0. The molecule has 2 heterocycles. The Morgan fingerprint density at radius 1 is 1.21 bits per heavy atom. The SMILES string of the molecule is CC(C)CC1COCCN1C(=O)Cc1ccc(-n2cccc2)cc1. The van der Waals surface area contributed by atoms with Gasteiger partial charge in [-0.25, -0.2) is 0 Å². The van der Waals surface area contributed by atoms with E-state index in [0.29, 0.717) is 32.1 Å². The molecule has 0 radical (unpaired) electrons. The standard InChI is InChI=1S/C20H26N2O2/c1-16(2)13-19-15-24-12-11-22(19)20(23)14-17-5-7-18(8-6-17)21-9-3-4-10-21/h3-10,16,19H,11-15H2,1-2H3. The molecule has 1 aliphatic rings. The molecule has 4 heteroatoms. The second-order valence-electron chi connectivity index (χ2n) is 6.88. The van der Waals surface area contributed by atoms with E-state index in [-0.39, 0.29) is 11.9 Å². The van der Waals surface area contributed by atoms with Crippen molar-refractivity contribution in [3.05, 3.63) is 54.4 Å². The lowest BCUT2D eigenvalue weighted by Crippen LogP contribution is -2.49. The minimum absolute atomic E-state index is 0.206. The molecular weight excluding hydrogens is 300 g/mol. The molecule has 4 nitrogen and oxygen atoms in total. The monoisotopic (exact) mass is 326 g/mol. The first-order valence-electron chi connectivity index (χ1n) is 8.73. The average Bonchev–Trinajstić information content (AvgIpc) is 3.10. The Morgan fingerprint density at radius 2 is 1.92 bits per heavy atom. The first kappa shape index (κ1) is 16.8. The number of nitrogens with zero attached hydrogens (tertiary/aromatic N) is 2. The lowest BCUT2D eigenvalue weighted by molar-refractivity contribution is -0.139. The molecule has 0 saturated carbocycles. The van der Waals surface area contributed by atoms with Crippen LogP contribution in [0.4, 0.5) is 0 Å². The number of hydrogen-bond donors (Lipinski definition) is 0. The predicted octanol–water partition coefficient (Wildman–Crippen LogP) is 3.29. The average molecular weight is 326 g/mol. The summed E-state index contributed by atoms with van der Waals surface area (Å²) < 4.78 is 7.64. The molecule has 0 N–H and O–H groups in total. The summed E-state index contributed by atoms with van der Waals surface area (Å²) in [5, 5.41) is 0. The highest BCUT2D eigenvalue weighted by Crippen LogP contribution is 2.18. The summed E-state index contributed by atoms with van der Waals surface area (Å²) in [6.07, 6.45) is 5.49. The Balaban J connectivity index is 1.65. The van der Waals surface area contributed by atoms with E-state index < -0.39 is 0 Å². The molecule has 3 rings (SSSR count). The van der Waals surface area contributed by atoms with E-state index in [0.717, 1.165) is 17.7 Å². The first-order chi connectivity index (χ1) is 11.6. The summed E-state index contributed by atoms with van der Waals surface area (Å²) in [4.78, 5) is 14.8. The number of carbonyl (C=O) groups excluding carboxylic acids is 1. The molecule has 1 aromatic carbocycles. The van der Waals surface area contributed by atoms with Gasteiger partial charge in [0, 0.05) is 24.6 Å². The van der Waals surface area contributed by atoms with Gasteiger partial charge in [0.25, 0.3) is 0 Å². The zero-order chi connectivity index (χ0) is 16.9. The fraction of sp³-hybridized carbons (Fsp3) is 0.450. The molecule has 1 aromatic heterocycles. The van der Waals surface area contributed by atoms with Gasteiger partial charge in [0.05, 0.1) is 25.7 Å². The van der Waals surface area contributed by atoms with Crippen molar-refractivity contribution < 1.29 is 9.53 Å². The van der Waals surface area contributed by atoms with Crippen molar-refractivity contribution in [1.82, 2.24) is 9.47 Å². The number of rotatable bonds is 5. The van der Waals surface area contributed by atoms with Crippen molar-refractivity contribution in [1.29, 1.82) is 0 Å². The third-order valence-corrected chi connectivity index (χ3v) is 4.49.